The molecule has 2 aromatic rings. The highest BCUT2D eigenvalue weighted by Gasteiger charge is 2.16. The number of aromatic hydroxyl groups is 1. The average molecular weight is 315 g/mol. The molecular weight excluding hydrogens is 294 g/mol. The predicted octanol–water partition coefficient (Wildman–Crippen LogP) is 3.45. The van der Waals surface area contributed by atoms with E-state index in [4.69, 9.17) is 9.47 Å². The van der Waals surface area contributed by atoms with Gasteiger partial charge in [0.2, 0.25) is 6.41 Å². The fourth-order valence-electron chi connectivity index (χ4n) is 2.37. The zero-order chi connectivity index (χ0) is 16.8. The maximum Gasteiger partial charge on any atom is 0.213 e. The number of carbonyl (C=O) groups is 1. The summed E-state index contributed by atoms with van der Waals surface area (Å²) in [6, 6.07) is 10.6. The Balaban J connectivity index is 2.60. The van der Waals surface area contributed by atoms with Crippen LogP contribution in [0.15, 0.2) is 36.4 Å². The number of nitrogens with zero attached hydrogens (tertiary/aromatic N) is 1. The zero-order valence-corrected chi connectivity index (χ0v) is 13.6. The molecule has 0 radical (unpaired) electrons. The molecule has 0 aliphatic heterocycles. The van der Waals surface area contributed by atoms with E-state index >= 15 is 0 Å². The molecule has 0 bridgehead atoms. The Morgan fingerprint density at radius 3 is 2.26 bits per heavy atom. The second kappa shape index (κ2) is 7.54. The van der Waals surface area contributed by atoms with Gasteiger partial charge >= 0.3 is 0 Å². The number of phenols is 1. The van der Waals surface area contributed by atoms with Crippen LogP contribution in [0.5, 0.6) is 17.2 Å². The normalized spacial score (nSPS) is 10.2. The van der Waals surface area contributed by atoms with Crippen LogP contribution in [0.25, 0.3) is 11.1 Å². The van der Waals surface area contributed by atoms with Crippen molar-refractivity contribution >= 4 is 12.1 Å². The van der Waals surface area contributed by atoms with Gasteiger partial charge in [-0.3, -0.25) is 4.79 Å². The molecular formula is C18H21NO4. The maximum atomic E-state index is 11.1. The fraction of sp³-hybridized carbons (Fsp3) is 0.278. The molecule has 5 nitrogen and oxygen atoms in total. The average Bonchev–Trinajstić information content (AvgIpc) is 2.57. The third-order valence-electron chi connectivity index (χ3n) is 3.39. The van der Waals surface area contributed by atoms with Crippen molar-refractivity contribution in [1.82, 2.24) is 0 Å². The van der Waals surface area contributed by atoms with Gasteiger partial charge in [-0.25, -0.2) is 0 Å². The smallest absolute Gasteiger partial charge is 0.213 e. The first kappa shape index (κ1) is 16.7. The Bertz CT molecular complexity index is 685. The predicted molar refractivity (Wildman–Crippen MR) is 90.3 cm³/mol. The number of ether oxygens (including phenoxy) is 2. The van der Waals surface area contributed by atoms with Crippen LogP contribution < -0.4 is 14.4 Å². The van der Waals surface area contributed by atoms with Gasteiger partial charge in [0.15, 0.2) is 11.5 Å². The van der Waals surface area contributed by atoms with Gasteiger partial charge in [0, 0.05) is 24.2 Å². The molecule has 122 valence electrons. The van der Waals surface area contributed by atoms with Crippen LogP contribution >= 0.6 is 0 Å². The minimum absolute atomic E-state index is 0.0728. The number of hydrogen-bond donors (Lipinski definition) is 1. The lowest BCUT2D eigenvalue weighted by Crippen LogP contribution is -2.14. The Morgan fingerprint density at radius 1 is 1.04 bits per heavy atom. The van der Waals surface area contributed by atoms with Gasteiger partial charge in [-0.2, -0.15) is 0 Å². The fourth-order valence-corrected chi connectivity index (χ4v) is 2.37. The minimum atomic E-state index is 0.0728. The molecule has 0 saturated carbocycles. The van der Waals surface area contributed by atoms with Crippen molar-refractivity contribution in [1.29, 1.82) is 0 Å². The van der Waals surface area contributed by atoms with Crippen molar-refractivity contribution in [2.75, 3.05) is 25.2 Å². The maximum absolute atomic E-state index is 11.1. The summed E-state index contributed by atoms with van der Waals surface area (Å²) in [6.45, 7) is 4.72. The molecule has 0 atom stereocenters. The number of hydrogen-bond acceptors (Lipinski definition) is 4. The first-order chi connectivity index (χ1) is 11.1. The van der Waals surface area contributed by atoms with E-state index in [1.807, 2.05) is 38.1 Å². The van der Waals surface area contributed by atoms with Crippen molar-refractivity contribution in [3.63, 3.8) is 0 Å². The highest BCUT2D eigenvalue weighted by molar-refractivity contribution is 5.89. The van der Waals surface area contributed by atoms with Crippen molar-refractivity contribution in [2.24, 2.45) is 0 Å². The first-order valence-electron chi connectivity index (χ1n) is 7.52. The first-order valence-corrected chi connectivity index (χ1v) is 7.52. The third kappa shape index (κ3) is 3.56. The van der Waals surface area contributed by atoms with E-state index in [-0.39, 0.29) is 5.75 Å². The second-order valence-corrected chi connectivity index (χ2v) is 4.92. The molecule has 1 N–H and O–H groups in total. The summed E-state index contributed by atoms with van der Waals surface area (Å²) in [5.41, 5.74) is 2.02. The van der Waals surface area contributed by atoms with E-state index in [1.54, 1.807) is 19.2 Å². The standard InChI is InChI=1S/C18H21NO4/c1-4-22-17-10-14(16(21)11-18(17)23-5-2)13-8-6-7-9-15(13)19(3)12-20/h6-12,21H,4-5H2,1-3H3. The Hall–Kier alpha value is -2.69. The number of amides is 1. The van der Waals surface area contributed by atoms with E-state index in [2.05, 4.69) is 0 Å². The van der Waals surface area contributed by atoms with Crippen LogP contribution in [0.2, 0.25) is 0 Å². The quantitative estimate of drug-likeness (QED) is 0.795. The summed E-state index contributed by atoms with van der Waals surface area (Å²) >= 11 is 0. The van der Waals surface area contributed by atoms with Crippen molar-refractivity contribution in [2.45, 2.75) is 13.8 Å². The molecule has 2 rings (SSSR count). The summed E-state index contributed by atoms with van der Waals surface area (Å²) in [7, 11) is 1.67. The molecule has 2 aromatic carbocycles. The summed E-state index contributed by atoms with van der Waals surface area (Å²) in [5.74, 6) is 1.13. The molecule has 0 heterocycles. The topological polar surface area (TPSA) is 59.0 Å². The van der Waals surface area contributed by atoms with Gasteiger partial charge < -0.3 is 19.5 Å². The van der Waals surface area contributed by atoms with E-state index in [9.17, 15) is 9.90 Å². The summed E-state index contributed by atoms with van der Waals surface area (Å²) in [6.07, 6.45) is 0.730. The highest BCUT2D eigenvalue weighted by Crippen LogP contribution is 2.42. The number of rotatable bonds is 7. The molecule has 0 unspecified atom stereocenters. The Morgan fingerprint density at radius 2 is 1.65 bits per heavy atom. The monoisotopic (exact) mass is 315 g/mol. The van der Waals surface area contributed by atoms with Crippen LogP contribution in [0.3, 0.4) is 0 Å². The van der Waals surface area contributed by atoms with Crippen LogP contribution in [0, 0.1) is 0 Å². The molecule has 23 heavy (non-hydrogen) atoms. The molecule has 0 fully saturated rings. The lowest BCUT2D eigenvalue weighted by Gasteiger charge is -2.18. The van der Waals surface area contributed by atoms with Crippen LogP contribution in [0.4, 0.5) is 5.69 Å². The summed E-state index contributed by atoms with van der Waals surface area (Å²) in [4.78, 5) is 12.6. The Kier molecular flexibility index (Phi) is 5.46. The molecule has 1 amide bonds. The number of anilines is 1. The summed E-state index contributed by atoms with van der Waals surface area (Å²) in [5, 5.41) is 10.4. The van der Waals surface area contributed by atoms with Gasteiger partial charge in [0.1, 0.15) is 5.75 Å². The van der Waals surface area contributed by atoms with Gasteiger partial charge in [-0.15, -0.1) is 0 Å². The number of para-hydroxylation sites is 1. The molecule has 0 saturated heterocycles. The molecule has 0 aliphatic rings. The van der Waals surface area contributed by atoms with Crippen molar-refractivity contribution in [3.8, 4) is 28.4 Å². The van der Waals surface area contributed by atoms with Gasteiger partial charge in [-0.1, -0.05) is 18.2 Å². The molecule has 0 aliphatic carbocycles. The SMILES string of the molecule is CCOc1cc(O)c(-c2ccccc2N(C)C=O)cc1OCC. The minimum Gasteiger partial charge on any atom is -0.507 e. The lowest BCUT2D eigenvalue weighted by molar-refractivity contribution is -0.107. The van der Waals surface area contributed by atoms with Crippen LogP contribution in [-0.2, 0) is 4.79 Å². The van der Waals surface area contributed by atoms with Crippen LogP contribution in [0.1, 0.15) is 13.8 Å². The molecule has 5 heteroatoms. The van der Waals surface area contributed by atoms with Gasteiger partial charge in [0.25, 0.3) is 0 Å². The van der Waals surface area contributed by atoms with Gasteiger partial charge in [-0.05, 0) is 26.0 Å². The van der Waals surface area contributed by atoms with E-state index in [0.717, 1.165) is 12.0 Å². The molecule has 0 spiro atoms. The number of phenolic OH excluding ortho intramolecular Hbond substituents is 1. The lowest BCUT2D eigenvalue weighted by atomic mass is 10.0. The van der Waals surface area contributed by atoms with Gasteiger partial charge in [0.05, 0.1) is 18.9 Å². The number of benzene rings is 2. The van der Waals surface area contributed by atoms with E-state index < -0.39 is 0 Å². The second-order valence-electron chi connectivity index (χ2n) is 4.92. The van der Waals surface area contributed by atoms with E-state index in [1.165, 1.54) is 4.90 Å². The molecule has 0 aromatic heterocycles. The Labute approximate surface area is 136 Å². The van der Waals surface area contributed by atoms with Crippen LogP contribution in [-0.4, -0.2) is 31.8 Å². The zero-order valence-electron chi connectivity index (χ0n) is 13.6. The van der Waals surface area contributed by atoms with Crippen molar-refractivity contribution in [3.05, 3.63) is 36.4 Å². The number of carbonyl (C=O) groups excluding carboxylic acids is 1. The largest absolute Gasteiger partial charge is 0.507 e. The third-order valence-corrected chi connectivity index (χ3v) is 3.39. The highest BCUT2D eigenvalue weighted by atomic mass is 16.5. The van der Waals surface area contributed by atoms with Crippen molar-refractivity contribution < 1.29 is 19.4 Å². The van der Waals surface area contributed by atoms with E-state index in [0.29, 0.717) is 36.0 Å². The summed E-state index contributed by atoms with van der Waals surface area (Å²) < 4.78 is 11.1.